The molecule has 1 N–H and O–H groups in total. The van der Waals surface area contributed by atoms with Crippen LogP contribution in [-0.2, 0) is 0 Å². The summed E-state index contributed by atoms with van der Waals surface area (Å²) in [6.07, 6.45) is 1.87. The van der Waals surface area contributed by atoms with Gasteiger partial charge in [-0.2, -0.15) is 0 Å². The van der Waals surface area contributed by atoms with Crippen molar-refractivity contribution in [3.8, 4) is 22.0 Å². The maximum absolute atomic E-state index is 12.8. The van der Waals surface area contributed by atoms with Crippen molar-refractivity contribution >= 4 is 28.3 Å². The Hall–Kier alpha value is -1.46. The Morgan fingerprint density at radius 1 is 1.11 bits per heavy atom. The molecule has 0 unspecified atom stereocenters. The van der Waals surface area contributed by atoms with Gasteiger partial charge in [-0.3, -0.25) is 0 Å². The molecule has 2 heterocycles. The summed E-state index contributed by atoms with van der Waals surface area (Å²) >= 11 is 1.57. The summed E-state index contributed by atoms with van der Waals surface area (Å²) < 4.78 is 12.8. The highest BCUT2D eigenvalue weighted by molar-refractivity contribution is 8.93. The van der Waals surface area contributed by atoms with Crippen LogP contribution in [0.3, 0.4) is 0 Å². The number of nitrogens with zero attached hydrogens (tertiary/aromatic N) is 1. The van der Waals surface area contributed by atoms with Crippen molar-refractivity contribution in [2.45, 2.75) is 0 Å². The molecule has 92 valence electrons. The number of aromatic nitrogens is 2. The Kier molecular flexibility index (Phi) is 3.93. The van der Waals surface area contributed by atoms with Gasteiger partial charge in [-0.15, -0.1) is 28.3 Å². The van der Waals surface area contributed by atoms with E-state index in [0.29, 0.717) is 0 Å². The highest BCUT2D eigenvalue weighted by Gasteiger charge is 2.06. The number of hydrogen-bond acceptors (Lipinski definition) is 2. The van der Waals surface area contributed by atoms with Gasteiger partial charge in [-0.25, -0.2) is 9.37 Å². The fourth-order valence-corrected chi connectivity index (χ4v) is 2.43. The second-order valence-corrected chi connectivity index (χ2v) is 4.49. The third-order valence-corrected chi connectivity index (χ3v) is 3.35. The van der Waals surface area contributed by atoms with Crippen LogP contribution in [-0.4, -0.2) is 9.97 Å². The van der Waals surface area contributed by atoms with E-state index in [9.17, 15) is 4.39 Å². The summed E-state index contributed by atoms with van der Waals surface area (Å²) in [5.41, 5.74) is 2.81. The molecule has 0 aliphatic rings. The van der Waals surface area contributed by atoms with Gasteiger partial charge in [0.15, 0.2) is 0 Å². The first-order valence-corrected chi connectivity index (χ1v) is 6.06. The standard InChI is InChI=1S/C13H9FN2S.BrH/c14-10-5-3-9(4-6-10)12-8-17-13(16-12)11-2-1-7-15-11;/h1-8,15H;1H. The third kappa shape index (κ3) is 2.52. The molecule has 0 atom stereocenters. The molecule has 0 aliphatic heterocycles. The molecule has 5 heteroatoms. The van der Waals surface area contributed by atoms with Gasteiger partial charge < -0.3 is 4.98 Å². The normalized spacial score (nSPS) is 10.1. The number of benzene rings is 1. The zero-order chi connectivity index (χ0) is 11.7. The molecule has 0 saturated carbocycles. The van der Waals surface area contributed by atoms with E-state index in [1.54, 1.807) is 23.5 Å². The zero-order valence-corrected chi connectivity index (χ0v) is 11.8. The summed E-state index contributed by atoms with van der Waals surface area (Å²) in [6, 6.07) is 10.3. The maximum Gasteiger partial charge on any atom is 0.140 e. The Morgan fingerprint density at radius 2 is 1.89 bits per heavy atom. The second-order valence-electron chi connectivity index (χ2n) is 3.63. The van der Waals surface area contributed by atoms with Crippen LogP contribution in [0.1, 0.15) is 0 Å². The monoisotopic (exact) mass is 324 g/mol. The summed E-state index contributed by atoms with van der Waals surface area (Å²) in [5.74, 6) is -0.228. The molecule has 2 nitrogen and oxygen atoms in total. The highest BCUT2D eigenvalue weighted by atomic mass is 79.9. The van der Waals surface area contributed by atoms with Crippen LogP contribution in [0.4, 0.5) is 4.39 Å². The smallest absolute Gasteiger partial charge is 0.140 e. The molecule has 0 aliphatic carbocycles. The van der Waals surface area contributed by atoms with Gasteiger partial charge in [-0.05, 0) is 36.4 Å². The molecule has 0 fully saturated rings. The van der Waals surface area contributed by atoms with E-state index in [4.69, 9.17) is 0 Å². The minimum absolute atomic E-state index is 0. The molecule has 0 spiro atoms. The van der Waals surface area contributed by atoms with Crippen LogP contribution in [0, 0.1) is 5.82 Å². The van der Waals surface area contributed by atoms with Gasteiger partial charge in [0.25, 0.3) is 0 Å². The van der Waals surface area contributed by atoms with E-state index < -0.39 is 0 Å². The molecule has 0 radical (unpaired) electrons. The Labute approximate surface area is 118 Å². The number of nitrogens with one attached hydrogen (secondary N) is 1. The van der Waals surface area contributed by atoms with E-state index >= 15 is 0 Å². The van der Waals surface area contributed by atoms with Crippen molar-refractivity contribution in [3.63, 3.8) is 0 Å². The van der Waals surface area contributed by atoms with E-state index in [1.165, 1.54) is 12.1 Å². The van der Waals surface area contributed by atoms with Gasteiger partial charge in [0, 0.05) is 17.1 Å². The molecule has 0 bridgehead atoms. The van der Waals surface area contributed by atoms with Crippen molar-refractivity contribution < 1.29 is 4.39 Å². The van der Waals surface area contributed by atoms with E-state index in [2.05, 4.69) is 9.97 Å². The maximum atomic E-state index is 12.8. The lowest BCUT2D eigenvalue weighted by atomic mass is 10.2. The number of H-pyrrole nitrogens is 1. The fourth-order valence-electron chi connectivity index (χ4n) is 1.61. The highest BCUT2D eigenvalue weighted by Crippen LogP contribution is 2.27. The minimum atomic E-state index is -0.228. The van der Waals surface area contributed by atoms with Crippen LogP contribution >= 0.6 is 28.3 Å². The zero-order valence-electron chi connectivity index (χ0n) is 9.26. The summed E-state index contributed by atoms with van der Waals surface area (Å²) in [5, 5.41) is 2.91. The van der Waals surface area contributed by atoms with Crippen molar-refractivity contribution in [1.82, 2.24) is 9.97 Å². The lowest BCUT2D eigenvalue weighted by Crippen LogP contribution is -1.80. The van der Waals surface area contributed by atoms with Crippen molar-refractivity contribution in [1.29, 1.82) is 0 Å². The average molecular weight is 325 g/mol. The van der Waals surface area contributed by atoms with E-state index in [1.807, 2.05) is 23.7 Å². The topological polar surface area (TPSA) is 28.7 Å². The molecule has 3 aromatic rings. The Balaban J connectivity index is 0.00000120. The summed E-state index contributed by atoms with van der Waals surface area (Å²) in [4.78, 5) is 7.63. The fraction of sp³-hybridized carbons (Fsp3) is 0. The number of thiazole rings is 1. The van der Waals surface area contributed by atoms with Crippen LogP contribution in [0.5, 0.6) is 0 Å². The van der Waals surface area contributed by atoms with Crippen LogP contribution in [0.25, 0.3) is 22.0 Å². The van der Waals surface area contributed by atoms with Crippen molar-refractivity contribution in [2.75, 3.05) is 0 Å². The molecule has 0 amide bonds. The first kappa shape index (κ1) is 13.0. The molecular weight excluding hydrogens is 315 g/mol. The largest absolute Gasteiger partial charge is 0.359 e. The van der Waals surface area contributed by atoms with E-state index in [0.717, 1.165) is 22.0 Å². The lowest BCUT2D eigenvalue weighted by Gasteiger charge is -1.95. The molecule has 2 aromatic heterocycles. The molecular formula is C13H10BrFN2S. The van der Waals surface area contributed by atoms with E-state index in [-0.39, 0.29) is 22.8 Å². The second kappa shape index (κ2) is 5.46. The van der Waals surface area contributed by atoms with Crippen molar-refractivity contribution in [2.24, 2.45) is 0 Å². The van der Waals surface area contributed by atoms with Gasteiger partial charge in [0.2, 0.25) is 0 Å². The summed E-state index contributed by atoms with van der Waals surface area (Å²) in [7, 11) is 0. The molecule has 18 heavy (non-hydrogen) atoms. The Bertz CT molecular complexity index is 617. The minimum Gasteiger partial charge on any atom is -0.359 e. The average Bonchev–Trinajstić information content (AvgIpc) is 3.00. The van der Waals surface area contributed by atoms with Gasteiger partial charge in [-0.1, -0.05) is 0 Å². The number of rotatable bonds is 2. The summed E-state index contributed by atoms with van der Waals surface area (Å²) in [6.45, 7) is 0. The van der Waals surface area contributed by atoms with Crippen LogP contribution in [0.15, 0.2) is 48.0 Å². The van der Waals surface area contributed by atoms with Crippen molar-refractivity contribution in [3.05, 3.63) is 53.8 Å². The third-order valence-electron chi connectivity index (χ3n) is 2.47. The van der Waals surface area contributed by atoms with Gasteiger partial charge in [0.05, 0.1) is 11.4 Å². The van der Waals surface area contributed by atoms with Gasteiger partial charge in [0.1, 0.15) is 10.8 Å². The van der Waals surface area contributed by atoms with Crippen LogP contribution < -0.4 is 0 Å². The predicted molar refractivity (Wildman–Crippen MR) is 77.6 cm³/mol. The molecule has 3 rings (SSSR count). The molecule has 0 saturated heterocycles. The van der Waals surface area contributed by atoms with Gasteiger partial charge >= 0.3 is 0 Å². The lowest BCUT2D eigenvalue weighted by molar-refractivity contribution is 0.628. The predicted octanol–water partition coefficient (Wildman–Crippen LogP) is 4.52. The molecule has 1 aromatic carbocycles. The first-order valence-electron chi connectivity index (χ1n) is 5.18. The quantitative estimate of drug-likeness (QED) is 0.737. The van der Waals surface area contributed by atoms with Crippen LogP contribution in [0.2, 0.25) is 0 Å². The number of hydrogen-bond donors (Lipinski definition) is 1. The number of aromatic amines is 1. The Morgan fingerprint density at radius 3 is 2.56 bits per heavy atom. The SMILES string of the molecule is Br.Fc1ccc(-c2csc(-c3ccc[nH]3)n2)cc1. The number of halogens is 2. The first-order chi connectivity index (χ1) is 8.33.